The van der Waals surface area contributed by atoms with E-state index in [2.05, 4.69) is 0 Å². The molecule has 1 aromatic rings. The van der Waals surface area contributed by atoms with Crippen molar-refractivity contribution in [3.8, 4) is 0 Å². The molecule has 5 nitrogen and oxygen atoms in total. The van der Waals surface area contributed by atoms with E-state index in [-0.39, 0.29) is 17.9 Å². The maximum atomic E-state index is 11.5. The number of carbonyl (C=O) groups excluding carboxylic acids is 1. The van der Waals surface area contributed by atoms with Gasteiger partial charge in [-0.1, -0.05) is 13.3 Å². The highest BCUT2D eigenvalue weighted by molar-refractivity contribution is 5.79. The highest BCUT2D eigenvalue weighted by atomic mass is 16.6. The van der Waals surface area contributed by atoms with Crippen molar-refractivity contribution >= 4 is 11.5 Å². The Morgan fingerprint density at radius 1 is 1.39 bits per heavy atom. The molecule has 18 heavy (non-hydrogen) atoms. The van der Waals surface area contributed by atoms with Gasteiger partial charge in [0, 0.05) is 25.0 Å². The molecule has 0 heterocycles. The van der Waals surface area contributed by atoms with Gasteiger partial charge in [-0.3, -0.25) is 14.9 Å². The van der Waals surface area contributed by atoms with Gasteiger partial charge in [0.05, 0.1) is 11.0 Å². The molecule has 0 saturated carbocycles. The Labute approximate surface area is 106 Å². The summed E-state index contributed by atoms with van der Waals surface area (Å²) in [7, 11) is 0. The zero-order valence-electron chi connectivity index (χ0n) is 10.3. The van der Waals surface area contributed by atoms with Crippen molar-refractivity contribution in [2.24, 2.45) is 0 Å². The average Bonchev–Trinajstić information content (AvgIpc) is 2.36. The minimum Gasteiger partial charge on any atom is -0.388 e. The summed E-state index contributed by atoms with van der Waals surface area (Å²) in [6.07, 6.45) is 1.43. The van der Waals surface area contributed by atoms with Crippen molar-refractivity contribution in [1.82, 2.24) is 0 Å². The number of aliphatic hydroxyl groups is 1. The SMILES string of the molecule is CCCCC(=O)C[C@H](O)c1ccc([N+](=O)[O-])cc1. The molecule has 1 aromatic carbocycles. The molecule has 0 aliphatic heterocycles. The van der Waals surface area contributed by atoms with Crippen LogP contribution in [-0.2, 0) is 4.79 Å². The molecule has 0 aliphatic rings. The molecule has 1 rings (SSSR count). The Morgan fingerprint density at radius 3 is 2.50 bits per heavy atom. The molecule has 1 atom stereocenters. The van der Waals surface area contributed by atoms with Crippen LogP contribution >= 0.6 is 0 Å². The summed E-state index contributed by atoms with van der Waals surface area (Å²) in [5.41, 5.74) is 0.508. The number of aliphatic hydroxyl groups excluding tert-OH is 1. The predicted molar refractivity (Wildman–Crippen MR) is 67.2 cm³/mol. The standard InChI is InChI=1S/C13H17NO4/c1-2-3-4-12(15)9-13(16)10-5-7-11(8-6-10)14(17)18/h5-8,13,16H,2-4,9H2,1H3/t13-/m0/s1. The first-order valence-electron chi connectivity index (χ1n) is 5.98. The average molecular weight is 251 g/mol. The van der Waals surface area contributed by atoms with Crippen molar-refractivity contribution in [3.05, 3.63) is 39.9 Å². The first kappa shape index (κ1) is 14.3. The van der Waals surface area contributed by atoms with Crippen LogP contribution in [0.3, 0.4) is 0 Å². The van der Waals surface area contributed by atoms with Crippen molar-refractivity contribution in [2.75, 3.05) is 0 Å². The molecule has 5 heteroatoms. The maximum Gasteiger partial charge on any atom is 0.269 e. The zero-order valence-corrected chi connectivity index (χ0v) is 10.3. The Hall–Kier alpha value is -1.75. The van der Waals surface area contributed by atoms with E-state index in [1.54, 1.807) is 0 Å². The molecule has 0 radical (unpaired) electrons. The van der Waals surface area contributed by atoms with Crippen LogP contribution in [0.5, 0.6) is 0 Å². The molecule has 98 valence electrons. The second-order valence-corrected chi connectivity index (χ2v) is 4.21. The first-order valence-corrected chi connectivity index (χ1v) is 5.98. The number of Topliss-reactive ketones (excluding diaryl/α,β-unsaturated/α-hetero) is 1. The lowest BCUT2D eigenvalue weighted by atomic mass is 10.0. The summed E-state index contributed by atoms with van der Waals surface area (Å²) >= 11 is 0. The number of hydrogen-bond acceptors (Lipinski definition) is 4. The topological polar surface area (TPSA) is 80.4 Å². The van der Waals surface area contributed by atoms with Crippen LogP contribution < -0.4 is 0 Å². The van der Waals surface area contributed by atoms with Gasteiger partial charge in [-0.15, -0.1) is 0 Å². The Balaban J connectivity index is 2.58. The number of carbonyl (C=O) groups is 1. The predicted octanol–water partition coefficient (Wildman–Crippen LogP) is 2.78. The molecular formula is C13H17NO4. The van der Waals surface area contributed by atoms with Gasteiger partial charge in [0.15, 0.2) is 0 Å². The van der Waals surface area contributed by atoms with Gasteiger partial charge in [-0.05, 0) is 24.1 Å². The Kier molecular flexibility index (Phi) is 5.45. The van der Waals surface area contributed by atoms with Gasteiger partial charge in [0.1, 0.15) is 5.78 Å². The quantitative estimate of drug-likeness (QED) is 0.596. The lowest BCUT2D eigenvalue weighted by Crippen LogP contribution is -2.06. The van der Waals surface area contributed by atoms with Crippen LogP contribution in [0.4, 0.5) is 5.69 Å². The number of ketones is 1. The van der Waals surface area contributed by atoms with Crippen LogP contribution in [-0.4, -0.2) is 15.8 Å². The minimum absolute atomic E-state index is 0.0164. The number of rotatable bonds is 7. The van der Waals surface area contributed by atoms with E-state index in [0.717, 1.165) is 12.8 Å². The monoisotopic (exact) mass is 251 g/mol. The van der Waals surface area contributed by atoms with E-state index < -0.39 is 11.0 Å². The highest BCUT2D eigenvalue weighted by Gasteiger charge is 2.14. The van der Waals surface area contributed by atoms with Gasteiger partial charge >= 0.3 is 0 Å². The lowest BCUT2D eigenvalue weighted by molar-refractivity contribution is -0.384. The third-order valence-corrected chi connectivity index (χ3v) is 2.72. The summed E-state index contributed by atoms with van der Waals surface area (Å²) in [5.74, 6) is 0.0164. The zero-order chi connectivity index (χ0) is 13.5. The van der Waals surface area contributed by atoms with Crippen LogP contribution in [0.25, 0.3) is 0 Å². The van der Waals surface area contributed by atoms with Crippen LogP contribution in [0, 0.1) is 10.1 Å². The molecule has 0 aromatic heterocycles. The number of benzene rings is 1. The van der Waals surface area contributed by atoms with Crippen LogP contribution in [0.2, 0.25) is 0 Å². The van der Waals surface area contributed by atoms with Gasteiger partial charge in [-0.2, -0.15) is 0 Å². The second-order valence-electron chi connectivity index (χ2n) is 4.21. The van der Waals surface area contributed by atoms with E-state index in [1.807, 2.05) is 6.92 Å². The van der Waals surface area contributed by atoms with E-state index in [9.17, 15) is 20.0 Å². The van der Waals surface area contributed by atoms with Crippen LogP contribution in [0.15, 0.2) is 24.3 Å². The number of nitro groups is 1. The molecule has 0 aliphatic carbocycles. The fourth-order valence-corrected chi connectivity index (χ4v) is 1.63. The molecule has 0 fully saturated rings. The van der Waals surface area contributed by atoms with Crippen molar-refractivity contribution in [2.45, 2.75) is 38.7 Å². The molecule has 0 amide bonds. The normalized spacial score (nSPS) is 12.1. The van der Waals surface area contributed by atoms with Gasteiger partial charge in [-0.25, -0.2) is 0 Å². The van der Waals surface area contributed by atoms with Crippen LogP contribution in [0.1, 0.15) is 44.3 Å². The minimum atomic E-state index is -0.879. The summed E-state index contributed by atoms with van der Waals surface area (Å²) in [4.78, 5) is 21.5. The lowest BCUT2D eigenvalue weighted by Gasteiger charge is -2.09. The molecule has 0 saturated heterocycles. The Bertz CT molecular complexity index is 414. The van der Waals surface area contributed by atoms with Crippen molar-refractivity contribution < 1.29 is 14.8 Å². The Morgan fingerprint density at radius 2 is 2.00 bits per heavy atom. The number of hydrogen-bond donors (Lipinski definition) is 1. The molecule has 0 bridgehead atoms. The van der Waals surface area contributed by atoms with Gasteiger partial charge in [0.2, 0.25) is 0 Å². The van der Waals surface area contributed by atoms with E-state index in [1.165, 1.54) is 24.3 Å². The van der Waals surface area contributed by atoms with Crippen molar-refractivity contribution in [1.29, 1.82) is 0 Å². The highest BCUT2D eigenvalue weighted by Crippen LogP contribution is 2.21. The van der Waals surface area contributed by atoms with Gasteiger partial charge in [0.25, 0.3) is 5.69 Å². The second kappa shape index (κ2) is 6.86. The number of nitrogens with zero attached hydrogens (tertiary/aromatic N) is 1. The molecule has 1 N–H and O–H groups in total. The first-order chi connectivity index (χ1) is 8.54. The third kappa shape index (κ3) is 4.25. The number of unbranched alkanes of at least 4 members (excludes halogenated alkanes) is 1. The summed E-state index contributed by atoms with van der Waals surface area (Å²) in [6, 6.07) is 5.62. The smallest absolute Gasteiger partial charge is 0.269 e. The number of nitro benzene ring substituents is 1. The van der Waals surface area contributed by atoms with E-state index >= 15 is 0 Å². The molecular weight excluding hydrogens is 234 g/mol. The third-order valence-electron chi connectivity index (χ3n) is 2.72. The molecule has 0 unspecified atom stereocenters. The van der Waals surface area contributed by atoms with Crippen molar-refractivity contribution in [3.63, 3.8) is 0 Å². The molecule has 0 spiro atoms. The summed E-state index contributed by atoms with van der Waals surface area (Å²) in [5, 5.41) is 20.3. The number of non-ortho nitro benzene ring substituents is 1. The maximum absolute atomic E-state index is 11.5. The van der Waals surface area contributed by atoms with E-state index in [4.69, 9.17) is 0 Å². The van der Waals surface area contributed by atoms with E-state index in [0.29, 0.717) is 12.0 Å². The largest absolute Gasteiger partial charge is 0.388 e. The summed E-state index contributed by atoms with van der Waals surface area (Å²) in [6.45, 7) is 2.00. The fourth-order valence-electron chi connectivity index (χ4n) is 1.63. The summed E-state index contributed by atoms with van der Waals surface area (Å²) < 4.78 is 0. The fraction of sp³-hybridized carbons (Fsp3) is 0.462. The van der Waals surface area contributed by atoms with Gasteiger partial charge < -0.3 is 5.11 Å².